The highest BCUT2D eigenvalue weighted by Gasteiger charge is 2.16. The number of nitrogens with one attached hydrogen (secondary N) is 1. The number of nitrogens with zero attached hydrogens (tertiary/aromatic N) is 1. The number of anilines is 1. The van der Waals surface area contributed by atoms with Crippen molar-refractivity contribution in [2.24, 2.45) is 0 Å². The number of amides is 1. The van der Waals surface area contributed by atoms with E-state index >= 15 is 0 Å². The zero-order chi connectivity index (χ0) is 26.4. The topological polar surface area (TPSA) is 88.4 Å². The number of hydrogen-bond acceptors (Lipinski definition) is 5. The molecule has 0 fully saturated rings. The SMILES string of the molecule is CCOc1cc(/C=C(\C#N)C(=O)Nc2ccc(Cl)c(Cl)c2)ccc1OC(=O)c1cccc2ccccc12. The van der Waals surface area contributed by atoms with Gasteiger partial charge in [-0.15, -0.1) is 0 Å². The summed E-state index contributed by atoms with van der Waals surface area (Å²) in [5, 5.41) is 14.5. The third-order valence-electron chi connectivity index (χ3n) is 5.33. The Bertz CT molecular complexity index is 1570. The summed E-state index contributed by atoms with van der Waals surface area (Å²) in [5.41, 5.74) is 1.18. The average Bonchev–Trinajstić information content (AvgIpc) is 2.90. The molecule has 8 heteroatoms. The third kappa shape index (κ3) is 6.10. The number of carbonyl (C=O) groups is 2. The number of ether oxygens (including phenoxy) is 2. The summed E-state index contributed by atoms with van der Waals surface area (Å²) in [6, 6.07) is 24.2. The van der Waals surface area contributed by atoms with Gasteiger partial charge in [0, 0.05) is 5.69 Å². The summed E-state index contributed by atoms with van der Waals surface area (Å²) in [5.74, 6) is -0.632. The largest absolute Gasteiger partial charge is 0.490 e. The molecule has 0 unspecified atom stereocenters. The van der Waals surface area contributed by atoms with Crippen LogP contribution in [-0.4, -0.2) is 18.5 Å². The molecule has 0 radical (unpaired) electrons. The van der Waals surface area contributed by atoms with E-state index in [1.165, 1.54) is 12.1 Å². The fourth-order valence-electron chi connectivity index (χ4n) is 3.61. The molecule has 0 aliphatic rings. The summed E-state index contributed by atoms with van der Waals surface area (Å²) in [4.78, 5) is 25.7. The summed E-state index contributed by atoms with van der Waals surface area (Å²) in [6.45, 7) is 2.11. The summed E-state index contributed by atoms with van der Waals surface area (Å²) >= 11 is 11.9. The number of rotatable bonds is 7. The van der Waals surface area contributed by atoms with E-state index in [4.69, 9.17) is 32.7 Å². The third-order valence-corrected chi connectivity index (χ3v) is 6.07. The van der Waals surface area contributed by atoms with Crippen molar-refractivity contribution >= 4 is 57.6 Å². The molecule has 4 aromatic carbocycles. The lowest BCUT2D eigenvalue weighted by atomic mass is 10.0. The first kappa shape index (κ1) is 25.8. The van der Waals surface area contributed by atoms with Crippen LogP contribution >= 0.6 is 23.2 Å². The van der Waals surface area contributed by atoms with Crippen molar-refractivity contribution in [3.8, 4) is 17.6 Å². The Morgan fingerprint density at radius 1 is 0.946 bits per heavy atom. The van der Waals surface area contributed by atoms with E-state index in [9.17, 15) is 14.9 Å². The van der Waals surface area contributed by atoms with E-state index in [1.807, 2.05) is 36.4 Å². The number of halogens is 2. The number of esters is 1. The lowest BCUT2D eigenvalue weighted by Gasteiger charge is -2.12. The van der Waals surface area contributed by atoms with E-state index in [2.05, 4.69) is 5.32 Å². The second-order valence-electron chi connectivity index (χ2n) is 7.81. The van der Waals surface area contributed by atoms with Crippen LogP contribution < -0.4 is 14.8 Å². The predicted octanol–water partition coefficient (Wildman–Crippen LogP) is 7.31. The van der Waals surface area contributed by atoms with Crippen LogP contribution in [0.3, 0.4) is 0 Å². The highest BCUT2D eigenvalue weighted by atomic mass is 35.5. The van der Waals surface area contributed by atoms with Crippen LogP contribution in [0.1, 0.15) is 22.8 Å². The van der Waals surface area contributed by atoms with E-state index in [0.717, 1.165) is 10.8 Å². The Labute approximate surface area is 223 Å². The Hall–Kier alpha value is -4.31. The molecule has 0 aromatic heterocycles. The maximum Gasteiger partial charge on any atom is 0.344 e. The molecule has 0 heterocycles. The molecule has 0 saturated heterocycles. The van der Waals surface area contributed by atoms with Crippen LogP contribution in [0, 0.1) is 11.3 Å². The van der Waals surface area contributed by atoms with Crippen molar-refractivity contribution in [3.63, 3.8) is 0 Å². The Morgan fingerprint density at radius 2 is 1.73 bits per heavy atom. The first-order chi connectivity index (χ1) is 17.9. The van der Waals surface area contributed by atoms with Gasteiger partial charge in [-0.05, 0) is 65.7 Å². The van der Waals surface area contributed by atoms with E-state index in [1.54, 1.807) is 49.4 Å². The molecule has 184 valence electrons. The van der Waals surface area contributed by atoms with Crippen molar-refractivity contribution in [1.82, 2.24) is 0 Å². The fourth-order valence-corrected chi connectivity index (χ4v) is 3.91. The van der Waals surface area contributed by atoms with Crippen molar-refractivity contribution in [2.75, 3.05) is 11.9 Å². The minimum atomic E-state index is -0.620. The molecule has 0 atom stereocenters. The molecule has 6 nitrogen and oxygen atoms in total. The molecule has 1 amide bonds. The molecule has 0 aliphatic carbocycles. The van der Waals surface area contributed by atoms with E-state index in [-0.39, 0.29) is 16.3 Å². The molecule has 4 aromatic rings. The van der Waals surface area contributed by atoms with Gasteiger partial charge in [-0.25, -0.2) is 4.79 Å². The quantitative estimate of drug-likeness (QED) is 0.117. The first-order valence-electron chi connectivity index (χ1n) is 11.2. The molecular formula is C29H20Cl2N2O4. The number of carbonyl (C=O) groups excluding carboxylic acids is 2. The molecular weight excluding hydrogens is 511 g/mol. The standard InChI is InChI=1S/C29H20Cl2N2O4/c1-2-36-27-15-18(14-20(17-32)28(34)33-21-11-12-24(30)25(31)16-21)10-13-26(27)37-29(35)23-9-5-7-19-6-3-4-8-22(19)23/h3-16H,2H2,1H3,(H,33,34)/b20-14+. The van der Waals surface area contributed by atoms with Crippen molar-refractivity contribution in [1.29, 1.82) is 5.26 Å². The number of benzene rings is 4. The maximum absolute atomic E-state index is 13.0. The van der Waals surface area contributed by atoms with Gasteiger partial charge in [-0.3, -0.25) is 4.79 Å². The zero-order valence-electron chi connectivity index (χ0n) is 19.6. The Kier molecular flexibility index (Phi) is 8.09. The fraction of sp³-hybridized carbons (Fsp3) is 0.0690. The molecule has 1 N–H and O–H groups in total. The van der Waals surface area contributed by atoms with Gasteiger partial charge < -0.3 is 14.8 Å². The van der Waals surface area contributed by atoms with Crippen LogP contribution in [0.2, 0.25) is 10.0 Å². The van der Waals surface area contributed by atoms with Gasteiger partial charge in [0.05, 0.1) is 22.2 Å². The molecule has 0 aliphatic heterocycles. The lowest BCUT2D eigenvalue weighted by molar-refractivity contribution is -0.112. The average molecular weight is 531 g/mol. The highest BCUT2D eigenvalue weighted by molar-refractivity contribution is 6.42. The normalized spacial score (nSPS) is 11.0. The first-order valence-corrected chi connectivity index (χ1v) is 12.0. The van der Waals surface area contributed by atoms with Crippen LogP contribution in [0.15, 0.2) is 84.4 Å². The zero-order valence-corrected chi connectivity index (χ0v) is 21.1. The van der Waals surface area contributed by atoms with Crippen molar-refractivity contribution in [2.45, 2.75) is 6.92 Å². The summed E-state index contributed by atoms with van der Waals surface area (Å²) in [7, 11) is 0. The van der Waals surface area contributed by atoms with Gasteiger partial charge in [-0.2, -0.15) is 5.26 Å². The van der Waals surface area contributed by atoms with Crippen LogP contribution in [0.25, 0.3) is 16.8 Å². The van der Waals surface area contributed by atoms with E-state index in [0.29, 0.717) is 34.2 Å². The molecule has 4 rings (SSSR count). The smallest absolute Gasteiger partial charge is 0.344 e. The van der Waals surface area contributed by atoms with Crippen molar-refractivity contribution < 1.29 is 19.1 Å². The Balaban J connectivity index is 1.58. The predicted molar refractivity (Wildman–Crippen MR) is 145 cm³/mol. The van der Waals surface area contributed by atoms with Gasteiger partial charge in [0.1, 0.15) is 11.6 Å². The van der Waals surface area contributed by atoms with Crippen LogP contribution in [-0.2, 0) is 4.79 Å². The highest BCUT2D eigenvalue weighted by Crippen LogP contribution is 2.31. The van der Waals surface area contributed by atoms with Gasteiger partial charge in [0.2, 0.25) is 0 Å². The Morgan fingerprint density at radius 3 is 2.49 bits per heavy atom. The molecule has 0 spiro atoms. The molecule has 37 heavy (non-hydrogen) atoms. The van der Waals surface area contributed by atoms with Crippen LogP contribution in [0.4, 0.5) is 5.69 Å². The second-order valence-corrected chi connectivity index (χ2v) is 8.62. The maximum atomic E-state index is 13.0. The molecule has 0 bridgehead atoms. The lowest BCUT2D eigenvalue weighted by Crippen LogP contribution is -2.13. The van der Waals surface area contributed by atoms with Gasteiger partial charge in [-0.1, -0.05) is 65.7 Å². The summed E-state index contributed by atoms with van der Waals surface area (Å²) < 4.78 is 11.4. The van der Waals surface area contributed by atoms with Gasteiger partial charge in [0.15, 0.2) is 11.5 Å². The number of fused-ring (bicyclic) bond motifs is 1. The number of nitriles is 1. The molecule has 0 saturated carbocycles. The van der Waals surface area contributed by atoms with E-state index < -0.39 is 11.9 Å². The van der Waals surface area contributed by atoms with Gasteiger partial charge in [0.25, 0.3) is 5.91 Å². The monoisotopic (exact) mass is 530 g/mol. The number of hydrogen-bond donors (Lipinski definition) is 1. The van der Waals surface area contributed by atoms with Gasteiger partial charge >= 0.3 is 5.97 Å². The van der Waals surface area contributed by atoms with Crippen LogP contribution in [0.5, 0.6) is 11.5 Å². The second kappa shape index (κ2) is 11.6. The minimum Gasteiger partial charge on any atom is -0.490 e. The van der Waals surface area contributed by atoms with Crippen molar-refractivity contribution in [3.05, 3.63) is 106 Å². The summed E-state index contributed by atoms with van der Waals surface area (Å²) in [6.07, 6.45) is 1.41. The minimum absolute atomic E-state index is 0.144.